The van der Waals surface area contributed by atoms with Crippen LogP contribution < -0.4 is 5.56 Å². The molecule has 5 nitrogen and oxygen atoms in total. The van der Waals surface area contributed by atoms with Gasteiger partial charge >= 0.3 is 0 Å². The van der Waals surface area contributed by atoms with Crippen molar-refractivity contribution < 1.29 is 15.0 Å². The van der Waals surface area contributed by atoms with E-state index in [-0.39, 0.29) is 5.69 Å². The predicted molar refractivity (Wildman–Crippen MR) is 100 cm³/mol. The van der Waals surface area contributed by atoms with Gasteiger partial charge in [0.15, 0.2) is 17.8 Å². The van der Waals surface area contributed by atoms with E-state index in [1.807, 2.05) is 0 Å². The Bertz CT molecular complexity index is 566. The summed E-state index contributed by atoms with van der Waals surface area (Å²) in [6.07, 6.45) is 15.1. The summed E-state index contributed by atoms with van der Waals surface area (Å²) in [6.45, 7) is 2.62. The first-order valence-electron chi connectivity index (χ1n) is 9.72. The van der Waals surface area contributed by atoms with Gasteiger partial charge in [-0.15, -0.1) is 0 Å². The fourth-order valence-electron chi connectivity index (χ4n) is 3.10. The number of nitrogens with zero attached hydrogens (tertiary/aromatic N) is 1. The van der Waals surface area contributed by atoms with E-state index >= 15 is 0 Å². The number of aromatic nitrogens is 1. The van der Waals surface area contributed by atoms with Gasteiger partial charge in [-0.3, -0.25) is 9.59 Å². The summed E-state index contributed by atoms with van der Waals surface area (Å²) in [5, 5.41) is 19.0. The zero-order valence-corrected chi connectivity index (χ0v) is 15.5. The van der Waals surface area contributed by atoms with Crippen LogP contribution in [-0.2, 0) is 6.54 Å². The number of rotatable bonds is 14. The topological polar surface area (TPSA) is 79.5 Å². The number of hydrogen-bond donors (Lipinski definition) is 2. The van der Waals surface area contributed by atoms with Crippen molar-refractivity contribution in [2.24, 2.45) is 0 Å². The molecule has 1 heterocycles. The molecule has 25 heavy (non-hydrogen) atoms. The molecule has 0 unspecified atom stereocenters. The number of aromatic hydroxyl groups is 2. The van der Waals surface area contributed by atoms with Gasteiger partial charge < -0.3 is 14.8 Å². The number of aldehydes is 1. The predicted octanol–water partition coefficient (Wildman–Crippen LogP) is 4.77. The third-order valence-corrected chi connectivity index (χ3v) is 4.65. The second kappa shape index (κ2) is 12.6. The van der Waals surface area contributed by atoms with Crippen molar-refractivity contribution in [3.05, 3.63) is 22.1 Å². The van der Waals surface area contributed by atoms with Crippen LogP contribution in [0.3, 0.4) is 0 Å². The van der Waals surface area contributed by atoms with Crippen LogP contribution in [0.1, 0.15) is 94.5 Å². The lowest BCUT2D eigenvalue weighted by Crippen LogP contribution is -2.22. The molecule has 0 fully saturated rings. The highest BCUT2D eigenvalue weighted by Crippen LogP contribution is 2.25. The second-order valence-electron chi connectivity index (χ2n) is 6.76. The van der Waals surface area contributed by atoms with Crippen molar-refractivity contribution in [1.82, 2.24) is 4.57 Å². The van der Waals surface area contributed by atoms with Crippen LogP contribution in [0.2, 0.25) is 0 Å². The fourth-order valence-corrected chi connectivity index (χ4v) is 3.10. The third-order valence-electron chi connectivity index (χ3n) is 4.65. The lowest BCUT2D eigenvalue weighted by molar-refractivity contribution is 0.111. The molecule has 1 aromatic heterocycles. The van der Waals surface area contributed by atoms with Gasteiger partial charge in [0.25, 0.3) is 5.56 Å². The monoisotopic (exact) mass is 351 g/mol. The highest BCUT2D eigenvalue weighted by molar-refractivity contribution is 5.78. The van der Waals surface area contributed by atoms with Gasteiger partial charge in [-0.25, -0.2) is 0 Å². The van der Waals surface area contributed by atoms with Crippen molar-refractivity contribution in [2.45, 2.75) is 90.5 Å². The SMILES string of the molecule is CCCCCCCCCCCCCCn1c(C=O)c(O)c(O)cc1=O. The summed E-state index contributed by atoms with van der Waals surface area (Å²) in [4.78, 5) is 22.9. The summed E-state index contributed by atoms with van der Waals surface area (Å²) in [5.41, 5.74) is -0.603. The minimum atomic E-state index is -0.543. The average molecular weight is 351 g/mol. The summed E-state index contributed by atoms with van der Waals surface area (Å²) in [7, 11) is 0. The summed E-state index contributed by atoms with van der Waals surface area (Å²) >= 11 is 0. The molecule has 1 rings (SSSR count). The molecule has 0 aliphatic carbocycles. The Kier molecular flexibility index (Phi) is 10.7. The minimum Gasteiger partial charge on any atom is -0.504 e. The van der Waals surface area contributed by atoms with Crippen LogP contribution in [-0.4, -0.2) is 21.1 Å². The smallest absolute Gasteiger partial charge is 0.255 e. The minimum absolute atomic E-state index is 0.145. The summed E-state index contributed by atoms with van der Waals surface area (Å²) < 4.78 is 1.23. The molecule has 1 aromatic rings. The van der Waals surface area contributed by atoms with Crippen LogP contribution in [0.15, 0.2) is 10.9 Å². The van der Waals surface area contributed by atoms with Crippen LogP contribution in [0, 0.1) is 0 Å². The van der Waals surface area contributed by atoms with E-state index in [4.69, 9.17) is 0 Å². The molecule has 0 saturated carbocycles. The molecule has 0 saturated heterocycles. The molecular weight excluding hydrogens is 318 g/mol. The number of carbonyl (C=O) groups excluding carboxylic acids is 1. The maximum absolute atomic E-state index is 11.8. The number of unbranched alkanes of at least 4 members (excludes halogenated alkanes) is 11. The van der Waals surface area contributed by atoms with E-state index < -0.39 is 17.1 Å². The van der Waals surface area contributed by atoms with Gasteiger partial charge in [-0.2, -0.15) is 0 Å². The van der Waals surface area contributed by atoms with Gasteiger partial charge in [0, 0.05) is 12.6 Å². The second-order valence-corrected chi connectivity index (χ2v) is 6.76. The highest BCUT2D eigenvalue weighted by atomic mass is 16.3. The largest absolute Gasteiger partial charge is 0.504 e. The van der Waals surface area contributed by atoms with Gasteiger partial charge in [-0.1, -0.05) is 77.6 Å². The first kappa shape index (κ1) is 21.3. The van der Waals surface area contributed by atoms with E-state index in [0.29, 0.717) is 12.8 Å². The molecule has 0 amide bonds. The summed E-state index contributed by atoms with van der Waals surface area (Å²) in [5.74, 6) is -1.06. The number of pyridine rings is 1. The normalized spacial score (nSPS) is 10.9. The van der Waals surface area contributed by atoms with Crippen molar-refractivity contribution >= 4 is 6.29 Å². The maximum atomic E-state index is 11.8. The Balaban J connectivity index is 2.16. The molecule has 0 aliphatic heterocycles. The quantitative estimate of drug-likeness (QED) is 0.374. The molecular formula is C20H33NO4. The standard InChI is InChI=1S/C20H33NO4/c1-2-3-4-5-6-7-8-9-10-11-12-13-14-21-17(16-22)20(25)18(23)15-19(21)24/h15-16,23,25H,2-14H2,1H3. The fraction of sp³-hybridized carbons (Fsp3) is 0.700. The van der Waals surface area contributed by atoms with Crippen molar-refractivity contribution in [3.8, 4) is 11.5 Å². The van der Waals surface area contributed by atoms with Crippen LogP contribution >= 0.6 is 0 Å². The molecule has 0 aromatic carbocycles. The third kappa shape index (κ3) is 7.76. The Morgan fingerprint density at radius 1 is 0.880 bits per heavy atom. The van der Waals surface area contributed by atoms with E-state index in [0.717, 1.165) is 25.3 Å². The van der Waals surface area contributed by atoms with Crippen molar-refractivity contribution in [1.29, 1.82) is 0 Å². The number of carbonyl (C=O) groups is 1. The van der Waals surface area contributed by atoms with Gasteiger partial charge in [-0.05, 0) is 6.42 Å². The van der Waals surface area contributed by atoms with Crippen LogP contribution in [0.25, 0.3) is 0 Å². The first-order valence-corrected chi connectivity index (χ1v) is 9.72. The van der Waals surface area contributed by atoms with Crippen molar-refractivity contribution in [3.63, 3.8) is 0 Å². The van der Waals surface area contributed by atoms with Gasteiger partial charge in [0.05, 0.1) is 0 Å². The molecule has 0 aliphatic rings. The summed E-state index contributed by atoms with van der Waals surface area (Å²) in [6, 6.07) is 0.947. The van der Waals surface area contributed by atoms with E-state index in [9.17, 15) is 19.8 Å². The van der Waals surface area contributed by atoms with Crippen LogP contribution in [0.4, 0.5) is 0 Å². The maximum Gasteiger partial charge on any atom is 0.255 e. The Hall–Kier alpha value is -1.78. The molecule has 142 valence electrons. The first-order chi connectivity index (χ1) is 12.1. The molecule has 5 heteroatoms. The van der Waals surface area contributed by atoms with Crippen molar-refractivity contribution in [2.75, 3.05) is 0 Å². The van der Waals surface area contributed by atoms with Crippen LogP contribution in [0.5, 0.6) is 11.5 Å². The lowest BCUT2D eigenvalue weighted by atomic mass is 10.1. The Morgan fingerprint density at radius 3 is 1.84 bits per heavy atom. The zero-order chi connectivity index (χ0) is 18.5. The zero-order valence-electron chi connectivity index (χ0n) is 15.5. The Labute approximate surface area is 150 Å². The van der Waals surface area contributed by atoms with E-state index in [1.165, 1.54) is 62.4 Å². The van der Waals surface area contributed by atoms with Gasteiger partial charge in [0.1, 0.15) is 5.69 Å². The Morgan fingerprint density at radius 2 is 1.36 bits per heavy atom. The van der Waals surface area contributed by atoms with Gasteiger partial charge in [0.2, 0.25) is 0 Å². The molecule has 2 N–H and O–H groups in total. The molecule has 0 radical (unpaired) electrons. The number of hydrogen-bond acceptors (Lipinski definition) is 4. The molecule has 0 bridgehead atoms. The highest BCUT2D eigenvalue weighted by Gasteiger charge is 2.13. The lowest BCUT2D eigenvalue weighted by Gasteiger charge is -2.11. The van der Waals surface area contributed by atoms with E-state index in [2.05, 4.69) is 6.92 Å². The van der Waals surface area contributed by atoms with E-state index in [1.54, 1.807) is 0 Å². The molecule has 0 atom stereocenters. The average Bonchev–Trinajstić information content (AvgIpc) is 2.60. The molecule has 0 spiro atoms.